The Labute approximate surface area is 465 Å². The lowest BCUT2D eigenvalue weighted by atomic mass is 9.85. The van der Waals surface area contributed by atoms with E-state index in [1.807, 2.05) is 119 Å². The van der Waals surface area contributed by atoms with Crippen LogP contribution in [0.5, 0.6) is 11.5 Å². The molecule has 0 spiro atoms. The first-order chi connectivity index (χ1) is 37.9. The second-order valence-corrected chi connectivity index (χ2v) is 23.0. The Kier molecular flexibility index (Phi) is 15.4. The van der Waals surface area contributed by atoms with E-state index in [4.69, 9.17) is 9.72 Å². The molecule has 1 fully saturated rings. The number of ether oxygens (including phenoxy) is 1. The molecule has 5 aromatic carbocycles. The molecule has 16 nitrogen and oxygen atoms in total. The number of pyridine rings is 1. The lowest BCUT2D eigenvalue weighted by Crippen LogP contribution is -2.58. The van der Waals surface area contributed by atoms with Crippen molar-refractivity contribution in [1.82, 2.24) is 30.5 Å². The molecule has 4 atom stereocenters. The molecule has 2 aliphatic rings. The number of nitrogens with one attached hydrogen (secondary N) is 3. The quantitative estimate of drug-likeness (QED) is 0.0648. The average Bonchev–Trinajstić information content (AvgIpc) is 4.19. The van der Waals surface area contributed by atoms with Crippen molar-refractivity contribution < 1.29 is 38.9 Å². The van der Waals surface area contributed by atoms with E-state index in [2.05, 4.69) is 25.9 Å². The molecule has 404 valence electrons. The number of hydrogen-bond donors (Lipinski definition) is 5. The number of aliphatic hydroxyl groups excluding tert-OH is 1. The first kappa shape index (κ1) is 54.1. The van der Waals surface area contributed by atoms with Crippen LogP contribution in [0.4, 0.5) is 10.9 Å². The van der Waals surface area contributed by atoms with Gasteiger partial charge in [-0.15, -0.1) is 11.3 Å². The standard InChI is InChI=1S/C61H60N8O8S2/c1-34-43(44-25-26-51(65-53(44)59(75)76)68-28-27-39-11-9-13-45(46(39)32-68)56(72)67-60-64-47-14-7-8-16-50(47)79-60)12-10-15-49(34)77-42-23-17-37(18-24-42)29-52(71)66-55(61(4,5)6)58(74)69-31-41(70)30-48(69)57(73)63-35(2)38-19-21-40(22-20-38)54-36(3)62-33-78-54/h7-26,33,35,41,48,55,70H,27-32H2,1-6H3,(H,63,73)(H,66,71)(H,75,76)(H,64,67,72)/t35-,41+,48-,55+/m0/s1. The maximum Gasteiger partial charge on any atom is 0.355 e. The number of aryl methyl sites for hydroxylation is 1. The number of amides is 4. The fourth-order valence-electron chi connectivity index (χ4n) is 10.3. The summed E-state index contributed by atoms with van der Waals surface area (Å²) in [5, 5.41) is 30.8. The van der Waals surface area contributed by atoms with Gasteiger partial charge in [-0.1, -0.05) is 105 Å². The number of hydrogen-bond acceptors (Lipinski definition) is 13. The fourth-order valence-corrected chi connectivity index (χ4v) is 12.0. The number of carboxylic acid groups (broad SMARTS) is 1. The molecule has 0 unspecified atom stereocenters. The molecule has 2 aliphatic heterocycles. The van der Waals surface area contributed by atoms with Gasteiger partial charge in [-0.3, -0.25) is 24.5 Å². The number of benzene rings is 5. The third-order valence-electron chi connectivity index (χ3n) is 14.6. The highest BCUT2D eigenvalue weighted by Crippen LogP contribution is 2.37. The lowest BCUT2D eigenvalue weighted by Gasteiger charge is -2.35. The zero-order valence-corrected chi connectivity index (χ0v) is 46.2. The molecule has 4 amide bonds. The van der Waals surface area contributed by atoms with Crippen molar-refractivity contribution >= 4 is 73.4 Å². The van der Waals surface area contributed by atoms with Crippen LogP contribution in [0.15, 0.2) is 127 Å². The molecular weight excluding hydrogens is 1040 g/mol. The second kappa shape index (κ2) is 22.6. The van der Waals surface area contributed by atoms with E-state index < -0.39 is 41.4 Å². The average molecular weight is 1100 g/mol. The van der Waals surface area contributed by atoms with Crippen LogP contribution in [0.25, 0.3) is 31.8 Å². The van der Waals surface area contributed by atoms with Gasteiger partial charge in [0, 0.05) is 37.2 Å². The number of aromatic carboxylic acids is 1. The number of likely N-dealkylation sites (tertiary alicyclic amines) is 1. The van der Waals surface area contributed by atoms with Crippen molar-refractivity contribution in [2.75, 3.05) is 23.3 Å². The normalized spacial score (nSPS) is 16.0. The molecule has 18 heteroatoms. The highest BCUT2D eigenvalue weighted by atomic mass is 32.1. The van der Waals surface area contributed by atoms with Gasteiger partial charge in [0.15, 0.2) is 10.8 Å². The number of carboxylic acids is 1. The number of carbonyl (C=O) groups is 5. The number of aromatic nitrogens is 3. The van der Waals surface area contributed by atoms with Gasteiger partial charge < -0.3 is 35.4 Å². The van der Waals surface area contributed by atoms with Gasteiger partial charge in [0.1, 0.15) is 29.4 Å². The molecular formula is C61H60N8O8S2. The number of anilines is 2. The molecule has 8 aromatic rings. The van der Waals surface area contributed by atoms with Crippen LogP contribution in [-0.4, -0.2) is 90.9 Å². The van der Waals surface area contributed by atoms with E-state index in [0.717, 1.165) is 43.0 Å². The molecule has 0 radical (unpaired) electrons. The summed E-state index contributed by atoms with van der Waals surface area (Å²) in [6.07, 6.45) is -0.256. The number of para-hydroxylation sites is 1. The predicted molar refractivity (Wildman–Crippen MR) is 307 cm³/mol. The van der Waals surface area contributed by atoms with Crippen molar-refractivity contribution in [2.45, 2.75) is 91.6 Å². The topological polar surface area (TPSA) is 216 Å². The smallest absolute Gasteiger partial charge is 0.355 e. The summed E-state index contributed by atoms with van der Waals surface area (Å²) in [6, 6.07) is 34.9. The third-order valence-corrected chi connectivity index (χ3v) is 16.5. The second-order valence-electron chi connectivity index (χ2n) is 21.2. The van der Waals surface area contributed by atoms with Crippen molar-refractivity contribution in [3.8, 4) is 33.1 Å². The van der Waals surface area contributed by atoms with E-state index in [9.17, 15) is 34.2 Å². The summed E-state index contributed by atoms with van der Waals surface area (Å²) < 4.78 is 7.33. The van der Waals surface area contributed by atoms with Crippen LogP contribution < -0.4 is 25.6 Å². The summed E-state index contributed by atoms with van der Waals surface area (Å²) in [5.41, 5.74) is 9.41. The Morgan fingerprint density at radius 2 is 1.61 bits per heavy atom. The van der Waals surface area contributed by atoms with Crippen LogP contribution in [0.2, 0.25) is 0 Å². The summed E-state index contributed by atoms with van der Waals surface area (Å²) in [6.45, 7) is 12.1. The minimum atomic E-state index is -1.19. The van der Waals surface area contributed by atoms with E-state index in [1.165, 1.54) is 16.2 Å². The van der Waals surface area contributed by atoms with Gasteiger partial charge in [-0.05, 0) is 120 Å². The maximum atomic E-state index is 14.3. The zero-order chi connectivity index (χ0) is 55.7. The number of nitrogens with zero attached hydrogens (tertiary/aromatic N) is 5. The van der Waals surface area contributed by atoms with E-state index in [0.29, 0.717) is 69.8 Å². The Hall–Kier alpha value is -8.32. The molecule has 1 saturated heterocycles. The number of thiazole rings is 2. The maximum absolute atomic E-state index is 14.3. The Balaban J connectivity index is 0.774. The number of aliphatic hydroxyl groups is 1. The number of fused-ring (bicyclic) bond motifs is 2. The predicted octanol–water partition coefficient (Wildman–Crippen LogP) is 10.3. The monoisotopic (exact) mass is 1100 g/mol. The van der Waals surface area contributed by atoms with Crippen LogP contribution in [0.1, 0.15) is 94.5 Å². The molecule has 0 aliphatic carbocycles. The van der Waals surface area contributed by atoms with Crippen molar-refractivity contribution in [1.29, 1.82) is 0 Å². The molecule has 3 aromatic heterocycles. The fraction of sp³-hybridized carbons (Fsp3) is 0.279. The van der Waals surface area contributed by atoms with Crippen LogP contribution in [0.3, 0.4) is 0 Å². The summed E-state index contributed by atoms with van der Waals surface area (Å²) in [5.74, 6) is -1.26. The number of rotatable bonds is 15. The molecule has 10 rings (SSSR count). The summed E-state index contributed by atoms with van der Waals surface area (Å²) in [7, 11) is 0. The zero-order valence-electron chi connectivity index (χ0n) is 44.6. The van der Waals surface area contributed by atoms with Crippen molar-refractivity contribution in [3.05, 3.63) is 172 Å². The van der Waals surface area contributed by atoms with Gasteiger partial charge in [-0.2, -0.15) is 0 Å². The SMILES string of the molecule is Cc1ncsc1-c1ccc([C@H](C)NC(=O)[C@@H]2C[C@@H](O)CN2C(=O)[C@@H](NC(=O)Cc2ccc(Oc3cccc(-c4ccc(N5CCc6cccc(C(=O)Nc7nc8ccccc8s7)c6C5)nc4C(=O)O)c3C)cc2)C(C)(C)C)cc1. The van der Waals surface area contributed by atoms with Crippen LogP contribution in [-0.2, 0) is 33.8 Å². The van der Waals surface area contributed by atoms with Gasteiger partial charge in [-0.25, -0.2) is 19.7 Å². The van der Waals surface area contributed by atoms with Crippen LogP contribution >= 0.6 is 22.7 Å². The van der Waals surface area contributed by atoms with E-state index in [1.54, 1.807) is 65.9 Å². The Morgan fingerprint density at radius 3 is 2.33 bits per heavy atom. The van der Waals surface area contributed by atoms with Crippen molar-refractivity contribution in [2.24, 2.45) is 5.41 Å². The molecule has 5 N–H and O–H groups in total. The van der Waals surface area contributed by atoms with Crippen molar-refractivity contribution in [3.63, 3.8) is 0 Å². The first-order valence-electron chi connectivity index (χ1n) is 26.1. The molecule has 0 bridgehead atoms. The number of carbonyl (C=O) groups excluding carboxylic acids is 4. The molecule has 5 heterocycles. The van der Waals surface area contributed by atoms with E-state index in [-0.39, 0.29) is 42.9 Å². The minimum absolute atomic E-state index is 0.0444. The van der Waals surface area contributed by atoms with Gasteiger partial charge >= 0.3 is 5.97 Å². The Morgan fingerprint density at radius 1 is 0.848 bits per heavy atom. The third kappa shape index (κ3) is 11.8. The van der Waals surface area contributed by atoms with Gasteiger partial charge in [0.2, 0.25) is 17.7 Å². The first-order valence-corrected chi connectivity index (χ1v) is 27.8. The van der Waals surface area contributed by atoms with Crippen LogP contribution in [0, 0.1) is 19.3 Å². The lowest BCUT2D eigenvalue weighted by molar-refractivity contribution is -0.144. The van der Waals surface area contributed by atoms with E-state index >= 15 is 0 Å². The molecule has 0 saturated carbocycles. The molecule has 79 heavy (non-hydrogen) atoms. The highest BCUT2D eigenvalue weighted by Gasteiger charge is 2.45. The largest absolute Gasteiger partial charge is 0.476 e. The minimum Gasteiger partial charge on any atom is -0.476 e. The van der Waals surface area contributed by atoms with Gasteiger partial charge in [0.05, 0.1) is 44.9 Å². The Bertz CT molecular complexity index is 3600. The highest BCUT2D eigenvalue weighted by molar-refractivity contribution is 7.22. The van der Waals surface area contributed by atoms with Gasteiger partial charge in [0.25, 0.3) is 5.91 Å². The summed E-state index contributed by atoms with van der Waals surface area (Å²) in [4.78, 5) is 86.6. The summed E-state index contributed by atoms with van der Waals surface area (Å²) >= 11 is 2.97. The number of β-amino-alcohol motifs (C(OH)–C–C–N with tert-alkyl or cyclic N) is 1.